The predicted molar refractivity (Wildman–Crippen MR) is 89.7 cm³/mol. The fourth-order valence-electron chi connectivity index (χ4n) is 2.31. The molecule has 0 saturated heterocycles. The van der Waals surface area contributed by atoms with Gasteiger partial charge in [-0.1, -0.05) is 0 Å². The highest BCUT2D eigenvalue weighted by atomic mass is 16.3. The van der Waals surface area contributed by atoms with Crippen molar-refractivity contribution in [2.45, 2.75) is 53.3 Å². The number of carbonyl (C=O) groups is 1. The Hall–Kier alpha value is -2.48. The van der Waals surface area contributed by atoms with Gasteiger partial charge in [0.15, 0.2) is 0 Å². The van der Waals surface area contributed by atoms with Gasteiger partial charge in [0.2, 0.25) is 11.3 Å². The van der Waals surface area contributed by atoms with Crippen LogP contribution < -0.4 is 10.7 Å². The Morgan fingerprint density at radius 2 is 1.92 bits per heavy atom. The molecule has 2 rings (SSSR count). The maximum atomic E-state index is 12.4. The van der Waals surface area contributed by atoms with E-state index in [1.807, 2.05) is 27.7 Å². The maximum Gasteiger partial charge on any atom is 0.247 e. The molecule has 2 N–H and O–H groups in total. The Morgan fingerprint density at radius 3 is 2.50 bits per heavy atom. The van der Waals surface area contributed by atoms with E-state index in [4.69, 9.17) is 5.11 Å². The second-order valence-corrected chi connectivity index (χ2v) is 6.71. The average Bonchev–Trinajstić information content (AvgIpc) is 2.82. The summed E-state index contributed by atoms with van der Waals surface area (Å²) in [5.74, 6) is 0.314. The van der Waals surface area contributed by atoms with Crippen molar-refractivity contribution in [2.75, 3.05) is 5.32 Å². The molecule has 0 aliphatic rings. The Morgan fingerprint density at radius 1 is 1.25 bits per heavy atom. The van der Waals surface area contributed by atoms with E-state index in [2.05, 4.69) is 15.5 Å². The number of rotatable bonds is 4. The fourth-order valence-corrected chi connectivity index (χ4v) is 2.31. The van der Waals surface area contributed by atoms with Crippen LogP contribution in [0.4, 0.5) is 5.82 Å². The van der Waals surface area contributed by atoms with Gasteiger partial charge >= 0.3 is 0 Å². The molecular formula is C16H23N5O3. The highest BCUT2D eigenvalue weighted by Gasteiger charge is 2.20. The number of amides is 1. The van der Waals surface area contributed by atoms with Crippen LogP contribution in [0.1, 0.15) is 37.9 Å². The van der Waals surface area contributed by atoms with Gasteiger partial charge in [0.1, 0.15) is 18.1 Å². The Bertz CT molecular complexity index is 814. The van der Waals surface area contributed by atoms with Crippen LogP contribution >= 0.6 is 0 Å². The average molecular weight is 333 g/mol. The van der Waals surface area contributed by atoms with Crippen LogP contribution in [-0.4, -0.2) is 30.6 Å². The smallest absolute Gasteiger partial charge is 0.247 e. The lowest BCUT2D eigenvalue weighted by Gasteiger charge is -2.22. The van der Waals surface area contributed by atoms with Crippen molar-refractivity contribution in [1.29, 1.82) is 0 Å². The molecule has 2 aromatic heterocycles. The predicted octanol–water partition coefficient (Wildman–Crippen LogP) is 0.943. The minimum atomic E-state index is -0.462. The number of aromatic nitrogens is 4. The summed E-state index contributed by atoms with van der Waals surface area (Å²) in [7, 11) is 0. The normalized spacial score (nSPS) is 11.6. The summed E-state index contributed by atoms with van der Waals surface area (Å²) >= 11 is 0. The van der Waals surface area contributed by atoms with E-state index in [0.717, 1.165) is 5.69 Å². The maximum absolute atomic E-state index is 12.4. The number of hydrogen-bond acceptors (Lipinski definition) is 5. The summed E-state index contributed by atoms with van der Waals surface area (Å²) < 4.78 is 3.15. The molecule has 8 heteroatoms. The van der Waals surface area contributed by atoms with Crippen LogP contribution in [0.5, 0.6) is 0 Å². The van der Waals surface area contributed by atoms with Gasteiger partial charge in [-0.2, -0.15) is 10.2 Å². The summed E-state index contributed by atoms with van der Waals surface area (Å²) in [4.78, 5) is 24.0. The standard InChI is InChI=1S/C16H23N5O3/c1-10-6-14(21(18-10)16(3,4)5)17-15(24)8-20-11(2)7-13(23)12(9-22)19-20/h6-7,22H,8-9H2,1-5H3,(H,17,24). The third-order valence-electron chi connectivity index (χ3n) is 3.45. The van der Waals surface area contributed by atoms with Crippen LogP contribution in [-0.2, 0) is 23.5 Å². The molecule has 2 heterocycles. The lowest BCUT2D eigenvalue weighted by atomic mass is 10.1. The molecule has 0 unspecified atom stereocenters. The van der Waals surface area contributed by atoms with Gasteiger partial charge in [-0.15, -0.1) is 0 Å². The number of anilines is 1. The molecule has 130 valence electrons. The molecule has 0 aliphatic carbocycles. The third-order valence-corrected chi connectivity index (χ3v) is 3.45. The van der Waals surface area contributed by atoms with E-state index in [9.17, 15) is 9.59 Å². The van der Waals surface area contributed by atoms with Gasteiger partial charge in [-0.25, -0.2) is 4.68 Å². The second kappa shape index (κ2) is 6.56. The lowest BCUT2D eigenvalue weighted by Crippen LogP contribution is -2.29. The highest BCUT2D eigenvalue weighted by molar-refractivity contribution is 5.89. The van der Waals surface area contributed by atoms with E-state index < -0.39 is 6.61 Å². The van der Waals surface area contributed by atoms with Crippen LogP contribution in [0.15, 0.2) is 16.9 Å². The first-order chi connectivity index (χ1) is 11.1. The number of aliphatic hydroxyl groups is 1. The second-order valence-electron chi connectivity index (χ2n) is 6.71. The SMILES string of the molecule is Cc1cc(NC(=O)Cn2nc(CO)c(=O)cc2C)n(C(C)(C)C)n1. The summed E-state index contributed by atoms with van der Waals surface area (Å²) in [6.45, 7) is 9.01. The summed E-state index contributed by atoms with van der Waals surface area (Å²) in [6, 6.07) is 3.16. The molecule has 0 aromatic carbocycles. The number of aliphatic hydroxyl groups excluding tert-OH is 1. The van der Waals surface area contributed by atoms with E-state index in [1.54, 1.807) is 17.7 Å². The van der Waals surface area contributed by atoms with Crippen LogP contribution in [0.2, 0.25) is 0 Å². The molecule has 2 aromatic rings. The topological polar surface area (TPSA) is 102 Å². The first-order valence-corrected chi connectivity index (χ1v) is 7.67. The number of nitrogens with zero attached hydrogens (tertiary/aromatic N) is 4. The van der Waals surface area contributed by atoms with Gasteiger partial charge in [0.05, 0.1) is 17.8 Å². The minimum Gasteiger partial charge on any atom is -0.390 e. The van der Waals surface area contributed by atoms with Crippen molar-refractivity contribution in [3.8, 4) is 0 Å². The van der Waals surface area contributed by atoms with E-state index in [-0.39, 0.29) is 29.1 Å². The molecule has 8 nitrogen and oxygen atoms in total. The summed E-state index contributed by atoms with van der Waals surface area (Å²) in [6.07, 6.45) is 0. The van der Waals surface area contributed by atoms with Crippen molar-refractivity contribution in [2.24, 2.45) is 0 Å². The highest BCUT2D eigenvalue weighted by Crippen LogP contribution is 2.21. The lowest BCUT2D eigenvalue weighted by molar-refractivity contribution is -0.117. The largest absolute Gasteiger partial charge is 0.390 e. The summed E-state index contributed by atoms with van der Waals surface area (Å²) in [5.41, 5.74) is 0.761. The van der Waals surface area contributed by atoms with E-state index >= 15 is 0 Å². The monoisotopic (exact) mass is 333 g/mol. The van der Waals surface area contributed by atoms with Gasteiger partial charge in [0.25, 0.3) is 0 Å². The summed E-state index contributed by atoms with van der Waals surface area (Å²) in [5, 5.41) is 20.4. The Balaban J connectivity index is 2.22. The molecular weight excluding hydrogens is 310 g/mol. The molecule has 1 amide bonds. The molecule has 24 heavy (non-hydrogen) atoms. The molecule has 0 saturated carbocycles. The third kappa shape index (κ3) is 3.88. The number of hydrogen-bond donors (Lipinski definition) is 2. The van der Waals surface area contributed by atoms with Crippen LogP contribution in [0.25, 0.3) is 0 Å². The van der Waals surface area contributed by atoms with Crippen molar-refractivity contribution in [1.82, 2.24) is 19.6 Å². The van der Waals surface area contributed by atoms with E-state index in [0.29, 0.717) is 11.5 Å². The number of carbonyl (C=O) groups excluding carboxylic acids is 1. The zero-order valence-electron chi connectivity index (χ0n) is 14.6. The molecule has 0 fully saturated rings. The molecule has 0 radical (unpaired) electrons. The van der Waals surface area contributed by atoms with Crippen molar-refractivity contribution < 1.29 is 9.90 Å². The van der Waals surface area contributed by atoms with E-state index in [1.165, 1.54) is 10.7 Å². The van der Waals surface area contributed by atoms with Crippen LogP contribution in [0.3, 0.4) is 0 Å². The van der Waals surface area contributed by atoms with Gasteiger partial charge in [-0.05, 0) is 34.6 Å². The van der Waals surface area contributed by atoms with Crippen LogP contribution in [0, 0.1) is 13.8 Å². The molecule has 0 aliphatic heterocycles. The fraction of sp³-hybridized carbons (Fsp3) is 0.500. The zero-order valence-corrected chi connectivity index (χ0v) is 14.6. The molecule has 0 atom stereocenters. The number of nitrogens with one attached hydrogen (secondary N) is 1. The Labute approximate surface area is 140 Å². The first-order valence-electron chi connectivity index (χ1n) is 7.67. The number of aryl methyl sites for hydroxylation is 2. The van der Waals surface area contributed by atoms with Gasteiger partial charge in [0, 0.05) is 17.8 Å². The first kappa shape index (κ1) is 17.9. The molecule has 0 spiro atoms. The quantitative estimate of drug-likeness (QED) is 0.867. The van der Waals surface area contributed by atoms with Crippen molar-refractivity contribution >= 4 is 11.7 Å². The van der Waals surface area contributed by atoms with Gasteiger partial charge < -0.3 is 10.4 Å². The minimum absolute atomic E-state index is 0.0176. The Kier molecular flexibility index (Phi) is 4.88. The molecule has 0 bridgehead atoms. The van der Waals surface area contributed by atoms with Crippen molar-refractivity contribution in [3.05, 3.63) is 39.4 Å². The zero-order chi connectivity index (χ0) is 18.1. The van der Waals surface area contributed by atoms with Gasteiger partial charge in [-0.3, -0.25) is 14.3 Å². The van der Waals surface area contributed by atoms with Crippen molar-refractivity contribution in [3.63, 3.8) is 0 Å².